The molecule has 0 fully saturated rings. The zero-order valence-electron chi connectivity index (χ0n) is 15.9. The second kappa shape index (κ2) is 7.78. The van der Waals surface area contributed by atoms with E-state index < -0.39 is 7.92 Å². The monoisotopic (exact) mass is 394 g/mol. The Labute approximate surface area is 172 Å². The first kappa shape index (κ1) is 18.0. The molecule has 29 heavy (non-hydrogen) atoms. The summed E-state index contributed by atoms with van der Waals surface area (Å²) in [5.41, 5.74) is 3.72. The molecule has 0 spiro atoms. The van der Waals surface area contributed by atoms with Crippen LogP contribution >= 0.6 is 7.92 Å². The maximum atomic E-state index is 14.5. The second-order valence-electron chi connectivity index (χ2n) is 7.18. The molecule has 1 aliphatic carbocycles. The first-order valence-electron chi connectivity index (χ1n) is 9.78. The van der Waals surface area contributed by atoms with E-state index >= 15 is 0 Å². The maximum absolute atomic E-state index is 14.5. The quantitative estimate of drug-likeness (QED) is 0.387. The van der Waals surface area contributed by atoms with Crippen LogP contribution in [0.25, 0.3) is 6.08 Å². The molecular weight excluding hydrogens is 374 g/mol. The van der Waals surface area contributed by atoms with Gasteiger partial charge in [0, 0.05) is 5.92 Å². The van der Waals surface area contributed by atoms with Gasteiger partial charge in [-0.3, -0.25) is 0 Å². The number of hydrogen-bond donors (Lipinski definition) is 0. The standard InChI is InChI=1S/C27H20FP/c28-21-16-18-26(25-17-15-20-9-7-8-14-24(20)25)27(19-21)29(22-10-3-1-4-11-22)23-12-5-2-6-13-23/h1-19,25H. The van der Waals surface area contributed by atoms with Gasteiger partial charge in [-0.05, 0) is 52.7 Å². The van der Waals surface area contributed by atoms with Gasteiger partial charge in [-0.1, -0.05) is 103 Å². The van der Waals surface area contributed by atoms with E-state index in [-0.39, 0.29) is 11.7 Å². The molecule has 0 heterocycles. The van der Waals surface area contributed by atoms with Gasteiger partial charge < -0.3 is 0 Å². The van der Waals surface area contributed by atoms with Crippen molar-refractivity contribution in [2.24, 2.45) is 0 Å². The molecule has 0 nitrogen and oxygen atoms in total. The topological polar surface area (TPSA) is 0 Å². The van der Waals surface area contributed by atoms with Gasteiger partial charge in [-0.15, -0.1) is 0 Å². The van der Waals surface area contributed by atoms with Crippen molar-refractivity contribution in [2.45, 2.75) is 5.92 Å². The Hall–Kier alpha value is -3.02. The lowest BCUT2D eigenvalue weighted by atomic mass is 9.93. The minimum absolute atomic E-state index is 0.152. The summed E-state index contributed by atoms with van der Waals surface area (Å²) in [6.07, 6.45) is 4.42. The van der Waals surface area contributed by atoms with Gasteiger partial charge in [-0.2, -0.15) is 0 Å². The Bertz CT molecular complexity index is 1130. The fourth-order valence-electron chi connectivity index (χ4n) is 4.08. The molecule has 0 radical (unpaired) electrons. The number of benzene rings is 4. The van der Waals surface area contributed by atoms with Crippen LogP contribution in [-0.2, 0) is 0 Å². The van der Waals surface area contributed by atoms with Gasteiger partial charge in [-0.25, -0.2) is 4.39 Å². The summed E-state index contributed by atoms with van der Waals surface area (Å²) < 4.78 is 14.5. The highest BCUT2D eigenvalue weighted by molar-refractivity contribution is 7.79. The van der Waals surface area contributed by atoms with E-state index in [0.29, 0.717) is 0 Å². The summed E-state index contributed by atoms with van der Waals surface area (Å²) in [6.45, 7) is 0. The van der Waals surface area contributed by atoms with Crippen molar-refractivity contribution >= 4 is 29.9 Å². The molecule has 1 unspecified atom stereocenters. The molecule has 0 saturated carbocycles. The van der Waals surface area contributed by atoms with Crippen molar-refractivity contribution in [3.63, 3.8) is 0 Å². The van der Waals surface area contributed by atoms with E-state index in [0.717, 1.165) is 5.30 Å². The third kappa shape index (κ3) is 3.43. The number of rotatable bonds is 4. The average Bonchev–Trinajstić information content (AvgIpc) is 3.20. The molecule has 1 atom stereocenters. The minimum atomic E-state index is -0.862. The summed E-state index contributed by atoms with van der Waals surface area (Å²) in [5, 5.41) is 3.55. The zero-order chi connectivity index (χ0) is 19.6. The van der Waals surface area contributed by atoms with Crippen LogP contribution in [0.2, 0.25) is 0 Å². The number of halogens is 1. The summed E-state index contributed by atoms with van der Waals surface area (Å²) in [6, 6.07) is 34.8. The molecule has 0 aliphatic heterocycles. The third-order valence-corrected chi connectivity index (χ3v) is 7.89. The van der Waals surface area contributed by atoms with E-state index in [1.165, 1.54) is 27.3 Å². The van der Waals surface area contributed by atoms with Crippen LogP contribution < -0.4 is 15.9 Å². The van der Waals surface area contributed by atoms with Crippen molar-refractivity contribution in [2.75, 3.05) is 0 Å². The van der Waals surface area contributed by atoms with Crippen LogP contribution in [0.5, 0.6) is 0 Å². The Morgan fingerprint density at radius 2 is 1.24 bits per heavy atom. The molecule has 0 saturated heterocycles. The molecular formula is C27H20FP. The van der Waals surface area contributed by atoms with E-state index in [1.807, 2.05) is 18.2 Å². The summed E-state index contributed by atoms with van der Waals surface area (Å²) in [7, 11) is -0.862. The second-order valence-corrected chi connectivity index (χ2v) is 9.36. The van der Waals surface area contributed by atoms with Crippen LogP contribution in [0.3, 0.4) is 0 Å². The smallest absolute Gasteiger partial charge is 0.123 e. The summed E-state index contributed by atoms with van der Waals surface area (Å²) >= 11 is 0. The van der Waals surface area contributed by atoms with E-state index in [4.69, 9.17) is 0 Å². The summed E-state index contributed by atoms with van der Waals surface area (Å²) in [4.78, 5) is 0. The van der Waals surface area contributed by atoms with Crippen molar-refractivity contribution in [3.8, 4) is 0 Å². The normalized spacial score (nSPS) is 14.9. The zero-order valence-corrected chi connectivity index (χ0v) is 16.8. The minimum Gasteiger partial charge on any atom is -0.207 e. The van der Waals surface area contributed by atoms with E-state index in [9.17, 15) is 4.39 Å². The summed E-state index contributed by atoms with van der Waals surface area (Å²) in [5.74, 6) is -0.0300. The largest absolute Gasteiger partial charge is 0.207 e. The number of hydrogen-bond acceptors (Lipinski definition) is 0. The molecule has 0 N–H and O–H groups in total. The van der Waals surface area contributed by atoms with Gasteiger partial charge in [0.15, 0.2) is 0 Å². The molecule has 4 aromatic rings. The van der Waals surface area contributed by atoms with Gasteiger partial charge in [0.05, 0.1) is 0 Å². The van der Waals surface area contributed by atoms with E-state index in [2.05, 4.69) is 84.9 Å². The molecule has 2 heteroatoms. The van der Waals surface area contributed by atoms with Crippen LogP contribution in [0, 0.1) is 5.82 Å². The molecule has 4 aromatic carbocycles. The average molecular weight is 394 g/mol. The fraction of sp³-hybridized carbons (Fsp3) is 0.0370. The van der Waals surface area contributed by atoms with E-state index in [1.54, 1.807) is 12.1 Å². The Morgan fingerprint density at radius 1 is 0.621 bits per heavy atom. The Balaban J connectivity index is 1.72. The molecule has 0 aromatic heterocycles. The fourth-order valence-corrected chi connectivity index (χ4v) is 6.59. The lowest BCUT2D eigenvalue weighted by Crippen LogP contribution is -2.24. The lowest BCUT2D eigenvalue weighted by Gasteiger charge is -2.25. The van der Waals surface area contributed by atoms with Gasteiger partial charge >= 0.3 is 0 Å². The van der Waals surface area contributed by atoms with Crippen LogP contribution in [0.1, 0.15) is 22.6 Å². The van der Waals surface area contributed by atoms with Crippen molar-refractivity contribution < 1.29 is 4.39 Å². The van der Waals surface area contributed by atoms with Crippen LogP contribution in [0.15, 0.2) is 109 Å². The maximum Gasteiger partial charge on any atom is 0.123 e. The SMILES string of the molecule is Fc1ccc(C2C=Cc3ccccc32)c(P(c2ccccc2)c2ccccc2)c1. The first-order valence-corrected chi connectivity index (χ1v) is 11.1. The number of allylic oxidation sites excluding steroid dienone is 1. The highest BCUT2D eigenvalue weighted by atomic mass is 31.1. The predicted molar refractivity (Wildman–Crippen MR) is 122 cm³/mol. The highest BCUT2D eigenvalue weighted by Gasteiger charge is 2.26. The molecule has 0 bridgehead atoms. The van der Waals surface area contributed by atoms with Gasteiger partial charge in [0.1, 0.15) is 5.82 Å². The third-order valence-electron chi connectivity index (χ3n) is 5.40. The van der Waals surface area contributed by atoms with Crippen LogP contribution in [0.4, 0.5) is 4.39 Å². The molecule has 5 rings (SSSR count). The number of fused-ring (bicyclic) bond motifs is 1. The van der Waals surface area contributed by atoms with Crippen molar-refractivity contribution in [1.29, 1.82) is 0 Å². The van der Waals surface area contributed by atoms with Crippen LogP contribution in [-0.4, -0.2) is 0 Å². The highest BCUT2D eigenvalue weighted by Crippen LogP contribution is 2.41. The predicted octanol–water partition coefficient (Wildman–Crippen LogP) is 5.74. The first-order chi connectivity index (χ1) is 14.3. The Kier molecular flexibility index (Phi) is 4.84. The molecule has 140 valence electrons. The molecule has 1 aliphatic rings. The molecule has 0 amide bonds. The van der Waals surface area contributed by atoms with Crippen molar-refractivity contribution in [1.82, 2.24) is 0 Å². The van der Waals surface area contributed by atoms with Gasteiger partial charge in [0.25, 0.3) is 0 Å². The lowest BCUT2D eigenvalue weighted by molar-refractivity contribution is 0.628. The van der Waals surface area contributed by atoms with Crippen molar-refractivity contribution in [3.05, 3.63) is 132 Å². The van der Waals surface area contributed by atoms with Gasteiger partial charge in [0.2, 0.25) is 0 Å². The Morgan fingerprint density at radius 3 is 1.93 bits per heavy atom.